The number of amides is 2. The van der Waals surface area contributed by atoms with Gasteiger partial charge in [0.25, 0.3) is 0 Å². The number of carboxylic acid groups (broad SMARTS) is 1. The third kappa shape index (κ3) is 5.22. The number of nitrogens with one attached hydrogen (secondary N) is 2. The molecular formula is C26H30N2O5S. The van der Waals surface area contributed by atoms with E-state index in [1.54, 1.807) is 11.8 Å². The predicted molar refractivity (Wildman–Crippen MR) is 132 cm³/mol. The van der Waals surface area contributed by atoms with Gasteiger partial charge in [0.2, 0.25) is 5.91 Å². The molecule has 4 rings (SSSR count). The van der Waals surface area contributed by atoms with E-state index in [0.717, 1.165) is 28.7 Å². The summed E-state index contributed by atoms with van der Waals surface area (Å²) in [6.07, 6.45) is 3.65. The van der Waals surface area contributed by atoms with Crippen molar-refractivity contribution >= 4 is 29.7 Å². The molecule has 2 amide bonds. The highest BCUT2D eigenvalue weighted by Gasteiger charge is 2.35. The average molecular weight is 483 g/mol. The Hall–Kier alpha value is -3.00. The normalized spacial score (nSPS) is 19.7. The fraction of sp³-hybridized carbons (Fsp3) is 0.423. The second-order valence-corrected chi connectivity index (χ2v) is 9.78. The van der Waals surface area contributed by atoms with E-state index in [-0.39, 0.29) is 18.4 Å². The topological polar surface area (TPSA) is 105 Å². The lowest BCUT2D eigenvalue weighted by Gasteiger charge is -2.23. The van der Waals surface area contributed by atoms with Crippen LogP contribution in [0, 0.1) is 5.92 Å². The number of carbonyl (C=O) groups is 3. The van der Waals surface area contributed by atoms with Gasteiger partial charge < -0.3 is 20.5 Å². The van der Waals surface area contributed by atoms with Crippen LogP contribution in [0.1, 0.15) is 42.7 Å². The molecule has 0 aromatic heterocycles. The Kier molecular flexibility index (Phi) is 7.77. The second-order valence-electron chi connectivity index (χ2n) is 8.79. The van der Waals surface area contributed by atoms with Gasteiger partial charge in [-0.25, -0.2) is 4.79 Å². The van der Waals surface area contributed by atoms with Gasteiger partial charge in [-0.05, 0) is 53.5 Å². The van der Waals surface area contributed by atoms with Crippen LogP contribution >= 0.6 is 11.8 Å². The highest BCUT2D eigenvalue weighted by atomic mass is 32.2. The molecule has 8 heteroatoms. The minimum absolute atomic E-state index is 0.0635. The van der Waals surface area contributed by atoms with Crippen LogP contribution in [0.5, 0.6) is 0 Å². The van der Waals surface area contributed by atoms with E-state index in [0.29, 0.717) is 25.0 Å². The number of alkyl carbamates (subject to hydrolysis) is 1. The molecule has 0 radical (unpaired) electrons. The maximum Gasteiger partial charge on any atom is 0.407 e. The molecule has 0 saturated heterocycles. The van der Waals surface area contributed by atoms with Gasteiger partial charge >= 0.3 is 12.1 Å². The molecule has 3 N–H and O–H groups in total. The molecule has 1 saturated carbocycles. The van der Waals surface area contributed by atoms with Crippen LogP contribution in [0.4, 0.5) is 4.79 Å². The molecule has 2 aromatic rings. The lowest BCUT2D eigenvalue weighted by atomic mass is 9.98. The molecule has 2 aliphatic carbocycles. The first-order valence-corrected chi connectivity index (χ1v) is 13.0. The van der Waals surface area contributed by atoms with Crippen LogP contribution in [0.2, 0.25) is 0 Å². The number of thioether (sulfide) groups is 1. The molecule has 34 heavy (non-hydrogen) atoms. The summed E-state index contributed by atoms with van der Waals surface area (Å²) in [5, 5.41) is 14.9. The standard InChI is InChI=1S/C26H30N2O5S/c1-34-14-13-23(24(29)27-22-12-6-11-20(22)25(30)31)28-26(32)33-15-21-18-9-4-2-7-16(18)17-8-3-5-10-19(17)21/h2-5,7-10,20-23H,6,11-15H2,1H3,(H,27,29)(H,28,32)(H,30,31)/t20?,22?,23-/m1/s1. The number of carboxylic acids is 1. The summed E-state index contributed by atoms with van der Waals surface area (Å²) in [6, 6.07) is 15.0. The summed E-state index contributed by atoms with van der Waals surface area (Å²) in [5.41, 5.74) is 4.53. The van der Waals surface area contributed by atoms with Crippen LogP contribution in [0.25, 0.3) is 11.1 Å². The summed E-state index contributed by atoms with van der Waals surface area (Å²) < 4.78 is 5.60. The van der Waals surface area contributed by atoms with Crippen molar-refractivity contribution in [2.45, 2.75) is 43.7 Å². The number of hydrogen-bond acceptors (Lipinski definition) is 5. The van der Waals surface area contributed by atoms with Crippen molar-refractivity contribution in [3.05, 3.63) is 59.7 Å². The van der Waals surface area contributed by atoms with Gasteiger partial charge in [-0.3, -0.25) is 9.59 Å². The van der Waals surface area contributed by atoms with Gasteiger partial charge in [0.15, 0.2) is 0 Å². The molecule has 0 heterocycles. The third-order valence-electron chi connectivity index (χ3n) is 6.72. The first-order chi connectivity index (χ1) is 16.5. The van der Waals surface area contributed by atoms with Gasteiger partial charge in [-0.1, -0.05) is 55.0 Å². The van der Waals surface area contributed by atoms with Crippen molar-refractivity contribution in [1.82, 2.24) is 10.6 Å². The highest BCUT2D eigenvalue weighted by molar-refractivity contribution is 7.98. The molecule has 0 aliphatic heterocycles. The van der Waals surface area contributed by atoms with Crippen molar-refractivity contribution in [2.24, 2.45) is 5.92 Å². The molecule has 2 aromatic carbocycles. The Morgan fingerprint density at radius 3 is 2.32 bits per heavy atom. The Bertz CT molecular complexity index is 1010. The Balaban J connectivity index is 1.39. The zero-order chi connectivity index (χ0) is 24.1. The van der Waals surface area contributed by atoms with Gasteiger partial charge in [0, 0.05) is 12.0 Å². The second kappa shape index (κ2) is 11.0. The van der Waals surface area contributed by atoms with Crippen molar-refractivity contribution < 1.29 is 24.2 Å². The minimum atomic E-state index is -0.895. The number of aliphatic carboxylic acids is 1. The molecule has 3 atom stereocenters. The Morgan fingerprint density at radius 2 is 1.71 bits per heavy atom. The third-order valence-corrected chi connectivity index (χ3v) is 7.37. The lowest BCUT2D eigenvalue weighted by molar-refractivity contribution is -0.142. The fourth-order valence-corrected chi connectivity index (χ4v) is 5.47. The summed E-state index contributed by atoms with van der Waals surface area (Å²) in [4.78, 5) is 37.1. The van der Waals surface area contributed by atoms with Crippen LogP contribution < -0.4 is 10.6 Å². The van der Waals surface area contributed by atoms with Crippen LogP contribution in [0.15, 0.2) is 48.5 Å². The van der Waals surface area contributed by atoms with E-state index in [4.69, 9.17) is 4.74 Å². The van der Waals surface area contributed by atoms with E-state index in [1.807, 2.05) is 30.5 Å². The lowest BCUT2D eigenvalue weighted by Crippen LogP contribution is -2.51. The summed E-state index contributed by atoms with van der Waals surface area (Å²) in [5.74, 6) is -1.23. The SMILES string of the molecule is CSCC[C@@H](NC(=O)OCC1c2ccccc2-c2ccccc21)C(=O)NC1CCCC1C(=O)O. The Morgan fingerprint density at radius 1 is 1.06 bits per heavy atom. The number of hydrogen-bond donors (Lipinski definition) is 3. The van der Waals surface area contributed by atoms with Gasteiger partial charge in [-0.15, -0.1) is 0 Å². The molecule has 180 valence electrons. The maximum absolute atomic E-state index is 12.9. The van der Waals surface area contributed by atoms with E-state index >= 15 is 0 Å². The molecule has 1 fully saturated rings. The largest absolute Gasteiger partial charge is 0.481 e. The molecule has 0 bridgehead atoms. The molecule has 2 aliphatic rings. The summed E-state index contributed by atoms with van der Waals surface area (Å²) >= 11 is 1.57. The zero-order valence-electron chi connectivity index (χ0n) is 19.2. The van der Waals surface area contributed by atoms with Crippen molar-refractivity contribution in [3.63, 3.8) is 0 Å². The van der Waals surface area contributed by atoms with Gasteiger partial charge in [0.1, 0.15) is 12.6 Å². The summed E-state index contributed by atoms with van der Waals surface area (Å²) in [6.45, 7) is 0.167. The molecular weight excluding hydrogens is 452 g/mol. The minimum Gasteiger partial charge on any atom is -0.481 e. The molecule has 0 spiro atoms. The first-order valence-electron chi connectivity index (χ1n) is 11.6. The number of carbonyl (C=O) groups excluding carboxylic acids is 2. The zero-order valence-corrected chi connectivity index (χ0v) is 20.0. The van der Waals surface area contributed by atoms with Crippen LogP contribution in [0.3, 0.4) is 0 Å². The first kappa shape index (κ1) is 24.1. The monoisotopic (exact) mass is 482 g/mol. The summed E-state index contributed by atoms with van der Waals surface area (Å²) in [7, 11) is 0. The Labute approximate surface area is 203 Å². The average Bonchev–Trinajstić information content (AvgIpc) is 3.43. The van der Waals surface area contributed by atoms with Crippen LogP contribution in [-0.2, 0) is 14.3 Å². The smallest absolute Gasteiger partial charge is 0.407 e. The molecule has 7 nitrogen and oxygen atoms in total. The van der Waals surface area contributed by atoms with Gasteiger partial charge in [-0.2, -0.15) is 11.8 Å². The molecule has 2 unspecified atom stereocenters. The van der Waals surface area contributed by atoms with E-state index in [1.165, 1.54) is 0 Å². The van der Waals surface area contributed by atoms with E-state index < -0.39 is 30.1 Å². The van der Waals surface area contributed by atoms with Gasteiger partial charge in [0.05, 0.1) is 5.92 Å². The van der Waals surface area contributed by atoms with E-state index in [9.17, 15) is 19.5 Å². The number of benzene rings is 2. The number of rotatable bonds is 9. The van der Waals surface area contributed by atoms with Crippen LogP contribution in [-0.4, -0.2) is 53.8 Å². The highest BCUT2D eigenvalue weighted by Crippen LogP contribution is 2.44. The number of ether oxygens (including phenoxy) is 1. The quantitative estimate of drug-likeness (QED) is 0.499. The van der Waals surface area contributed by atoms with Crippen molar-refractivity contribution in [1.29, 1.82) is 0 Å². The maximum atomic E-state index is 12.9. The number of fused-ring (bicyclic) bond motifs is 3. The fourth-order valence-electron chi connectivity index (χ4n) is 5.00. The van der Waals surface area contributed by atoms with Crippen molar-refractivity contribution in [2.75, 3.05) is 18.6 Å². The predicted octanol–water partition coefficient (Wildman–Crippen LogP) is 4.02. The van der Waals surface area contributed by atoms with Crippen molar-refractivity contribution in [3.8, 4) is 11.1 Å². The van der Waals surface area contributed by atoms with E-state index in [2.05, 4.69) is 34.9 Å².